The number of benzene rings is 4. The number of allylic oxidation sites excluding steroid dienone is 6. The lowest BCUT2D eigenvalue weighted by Crippen LogP contribution is -2.27. The Morgan fingerprint density at radius 2 is 0.515 bits per heavy atom. The second-order valence-corrected chi connectivity index (χ2v) is 20.3. The van der Waals surface area contributed by atoms with Crippen LogP contribution in [0.5, 0.6) is 0 Å². The average Bonchev–Trinajstić information content (AvgIpc) is 3.42. The molecule has 0 radical (unpaired) electrons. The predicted molar refractivity (Wildman–Crippen MR) is 272 cm³/mol. The summed E-state index contributed by atoms with van der Waals surface area (Å²) in [6.07, 6.45) is 21.7. The molecule has 9 aliphatic rings. The highest BCUT2D eigenvalue weighted by molar-refractivity contribution is 6.01. The summed E-state index contributed by atoms with van der Waals surface area (Å²) >= 11 is 0. The summed E-state index contributed by atoms with van der Waals surface area (Å²) in [4.78, 5) is 15.6. The van der Waals surface area contributed by atoms with E-state index in [1.807, 2.05) is 0 Å². The number of nitrogens with zero attached hydrogens (tertiary/aromatic N) is 3. The first kappa shape index (κ1) is 39.9. The van der Waals surface area contributed by atoms with Gasteiger partial charge in [0.1, 0.15) is 0 Å². The summed E-state index contributed by atoms with van der Waals surface area (Å²) in [5.41, 5.74) is 24.4. The van der Waals surface area contributed by atoms with Crippen molar-refractivity contribution in [2.24, 2.45) is 35.5 Å². The molecule has 0 saturated heterocycles. The van der Waals surface area contributed by atoms with Crippen molar-refractivity contribution in [3.63, 3.8) is 0 Å². The lowest BCUT2D eigenvalue weighted by molar-refractivity contribution is 0.350. The zero-order valence-electron chi connectivity index (χ0n) is 37.9. The lowest BCUT2D eigenvalue weighted by atomic mass is 9.61. The average molecular weight is 856 g/mol. The van der Waals surface area contributed by atoms with Gasteiger partial charge in [0.25, 0.3) is 0 Å². The van der Waals surface area contributed by atoms with Gasteiger partial charge in [0.05, 0.1) is 17.1 Å². The molecule has 324 valence electrons. The van der Waals surface area contributed by atoms with Crippen LogP contribution in [0.2, 0.25) is 0 Å². The van der Waals surface area contributed by atoms with E-state index in [2.05, 4.69) is 164 Å². The van der Waals surface area contributed by atoms with Gasteiger partial charge in [0.2, 0.25) is 0 Å². The molecule has 0 N–H and O–H groups in total. The fourth-order valence-corrected chi connectivity index (χ4v) is 13.7. The monoisotopic (exact) mass is 855 g/mol. The third-order valence-electron chi connectivity index (χ3n) is 16.8. The predicted octanol–water partition coefficient (Wildman–Crippen LogP) is 16.1. The van der Waals surface area contributed by atoms with E-state index in [9.17, 15) is 0 Å². The van der Waals surface area contributed by atoms with Gasteiger partial charge in [-0.2, -0.15) is 0 Å². The van der Waals surface area contributed by atoms with Gasteiger partial charge in [-0.25, -0.2) is 0 Å². The third kappa shape index (κ3) is 7.05. The number of hydrogen-bond acceptors (Lipinski definition) is 3. The van der Waals surface area contributed by atoms with Gasteiger partial charge in [-0.3, -0.25) is 15.0 Å². The Morgan fingerprint density at radius 3 is 0.864 bits per heavy atom. The van der Waals surface area contributed by atoms with Gasteiger partial charge in [-0.15, -0.1) is 0 Å². The molecule has 7 aromatic rings. The molecule has 16 rings (SSSR count). The molecule has 0 atom stereocenters. The Kier molecular flexibility index (Phi) is 10.1. The molecule has 3 aromatic heterocycles. The minimum absolute atomic E-state index is 0.538. The van der Waals surface area contributed by atoms with Crippen LogP contribution in [-0.4, -0.2) is 15.0 Å². The van der Waals surface area contributed by atoms with E-state index in [1.165, 1.54) is 138 Å². The molecular weight excluding hydrogens is 799 g/mol. The standard InChI is InChI=1S/C63H57N3/c1-4-10-40(11-5-1)49-28-33-57(66-37-49)63-48-26-24-47(25-27-48)62(63)54-35-52(60-45-20-16-43(17-21-45)58(60)50-29-31-55(64-38-50)41-12-6-2-7-13-41)34-53(36-54)61-46-22-18-44(19-23-46)59(61)51-30-32-56(65-39-51)42-14-8-3-9-15-42/h1-15,28-39,43-48H,16-27H2. The Labute approximate surface area is 390 Å². The van der Waals surface area contributed by atoms with Crippen molar-refractivity contribution in [2.45, 2.75) is 77.0 Å². The van der Waals surface area contributed by atoms with Crippen LogP contribution < -0.4 is 0 Å². The second-order valence-electron chi connectivity index (χ2n) is 20.3. The van der Waals surface area contributed by atoms with Crippen LogP contribution in [0.3, 0.4) is 0 Å². The van der Waals surface area contributed by atoms with Crippen LogP contribution in [0.15, 0.2) is 164 Å². The van der Waals surface area contributed by atoms with Crippen LogP contribution in [0.1, 0.15) is 111 Å². The molecule has 3 nitrogen and oxygen atoms in total. The highest BCUT2D eigenvalue weighted by atomic mass is 14.7. The molecule has 0 spiro atoms. The fraction of sp³-hybridized carbons (Fsp3) is 0.286. The van der Waals surface area contributed by atoms with E-state index in [0.29, 0.717) is 35.5 Å². The quantitative estimate of drug-likeness (QED) is 0.145. The van der Waals surface area contributed by atoms with Gasteiger partial charge in [-0.1, -0.05) is 109 Å². The number of hydrogen-bond donors (Lipinski definition) is 0. The van der Waals surface area contributed by atoms with Crippen LogP contribution in [0, 0.1) is 35.5 Å². The number of pyridine rings is 3. The van der Waals surface area contributed by atoms with E-state index in [-0.39, 0.29) is 0 Å². The zero-order valence-corrected chi connectivity index (χ0v) is 37.9. The first-order valence-electron chi connectivity index (χ1n) is 25.1. The smallest absolute Gasteiger partial charge is 0.0702 e. The first-order chi connectivity index (χ1) is 32.7. The molecule has 66 heavy (non-hydrogen) atoms. The van der Waals surface area contributed by atoms with Gasteiger partial charge in [0.15, 0.2) is 0 Å². The number of rotatable bonds is 9. The van der Waals surface area contributed by atoms with Gasteiger partial charge in [-0.05, 0) is 216 Å². The summed E-state index contributed by atoms with van der Waals surface area (Å²) in [6, 6.07) is 54.0. The zero-order chi connectivity index (χ0) is 43.6. The van der Waals surface area contributed by atoms with E-state index in [0.717, 1.165) is 11.4 Å². The van der Waals surface area contributed by atoms with E-state index in [1.54, 1.807) is 27.9 Å². The maximum absolute atomic E-state index is 5.33. The van der Waals surface area contributed by atoms with E-state index in [4.69, 9.17) is 15.0 Å². The third-order valence-corrected chi connectivity index (χ3v) is 16.8. The largest absolute Gasteiger partial charge is 0.256 e. The van der Waals surface area contributed by atoms with Crippen LogP contribution in [0.25, 0.3) is 67.1 Å². The second kappa shape index (κ2) is 16.8. The van der Waals surface area contributed by atoms with Crippen molar-refractivity contribution in [3.8, 4) is 33.6 Å². The van der Waals surface area contributed by atoms with E-state index >= 15 is 0 Å². The maximum atomic E-state index is 5.33. The fourth-order valence-electron chi connectivity index (χ4n) is 13.7. The van der Waals surface area contributed by atoms with Crippen molar-refractivity contribution in [1.82, 2.24) is 15.0 Å². The van der Waals surface area contributed by atoms with Gasteiger partial charge >= 0.3 is 0 Å². The summed E-state index contributed by atoms with van der Waals surface area (Å²) in [5.74, 6) is 3.30. The molecule has 3 saturated carbocycles. The minimum atomic E-state index is 0.538. The van der Waals surface area contributed by atoms with E-state index < -0.39 is 0 Å². The van der Waals surface area contributed by atoms with Crippen molar-refractivity contribution in [3.05, 3.63) is 198 Å². The Morgan fingerprint density at radius 1 is 0.227 bits per heavy atom. The van der Waals surface area contributed by atoms with Crippen LogP contribution in [-0.2, 0) is 0 Å². The minimum Gasteiger partial charge on any atom is -0.256 e. The van der Waals surface area contributed by atoms with Gasteiger partial charge < -0.3 is 0 Å². The molecule has 3 heterocycles. The first-order valence-corrected chi connectivity index (χ1v) is 25.1. The van der Waals surface area contributed by atoms with Crippen molar-refractivity contribution in [1.29, 1.82) is 0 Å². The molecule has 9 aliphatic carbocycles. The Hall–Kier alpha value is -6.45. The highest BCUT2D eigenvalue weighted by Crippen LogP contribution is 2.58. The molecular formula is C63H57N3. The molecule has 0 amide bonds. The van der Waals surface area contributed by atoms with Crippen molar-refractivity contribution < 1.29 is 0 Å². The Balaban J connectivity index is 1.02. The van der Waals surface area contributed by atoms with Crippen molar-refractivity contribution >= 4 is 33.4 Å². The maximum Gasteiger partial charge on any atom is 0.0702 e. The molecule has 3 heteroatoms. The molecule has 3 fully saturated rings. The number of fused-ring (bicyclic) bond motifs is 6. The molecule has 0 unspecified atom stereocenters. The summed E-state index contributed by atoms with van der Waals surface area (Å²) in [7, 11) is 0. The molecule has 6 bridgehead atoms. The highest BCUT2D eigenvalue weighted by Gasteiger charge is 2.41. The summed E-state index contributed by atoms with van der Waals surface area (Å²) in [5, 5.41) is 0. The summed E-state index contributed by atoms with van der Waals surface area (Å²) in [6.45, 7) is 0. The molecule has 0 aliphatic heterocycles. The number of aromatic nitrogens is 3. The Bertz CT molecular complexity index is 2650. The normalized spacial score (nSPS) is 24.4. The topological polar surface area (TPSA) is 38.7 Å². The SMILES string of the molecule is c1ccc(-c2ccc(C3=C(c4cc(C5=C(c6ccc(-c7ccccc7)nc6)C6CCC5CC6)cc(C5=C(c6ccc(-c7ccccc7)nc6)C6CCC5CC6)c4)C4CCC3CC4)nc2)cc1. The van der Waals surface area contributed by atoms with Crippen molar-refractivity contribution in [2.75, 3.05) is 0 Å². The van der Waals surface area contributed by atoms with Crippen LogP contribution in [0.4, 0.5) is 0 Å². The van der Waals surface area contributed by atoms with Crippen LogP contribution >= 0.6 is 0 Å². The summed E-state index contributed by atoms with van der Waals surface area (Å²) < 4.78 is 0. The molecule has 4 aromatic carbocycles. The van der Waals surface area contributed by atoms with Gasteiger partial charge in [0, 0.05) is 35.3 Å². The lowest BCUT2D eigenvalue weighted by Gasteiger charge is -2.43.